The van der Waals surface area contributed by atoms with E-state index in [1.807, 2.05) is 36.4 Å². The van der Waals surface area contributed by atoms with Gasteiger partial charge >= 0.3 is 0 Å². The van der Waals surface area contributed by atoms with Crippen LogP contribution in [0.25, 0.3) is 0 Å². The highest BCUT2D eigenvalue weighted by Crippen LogP contribution is 2.30. The van der Waals surface area contributed by atoms with Crippen molar-refractivity contribution in [1.82, 2.24) is 4.98 Å². The molecule has 0 radical (unpaired) electrons. The average molecular weight is 251 g/mol. The van der Waals surface area contributed by atoms with Crippen molar-refractivity contribution in [3.8, 4) is 6.07 Å². The van der Waals surface area contributed by atoms with Crippen LogP contribution in [0.15, 0.2) is 42.5 Å². The van der Waals surface area contributed by atoms with Crippen LogP contribution in [0.5, 0.6) is 0 Å². The van der Waals surface area contributed by atoms with Crippen LogP contribution in [-0.2, 0) is 5.41 Å². The number of anilines is 2. The molecule has 0 saturated carbocycles. The molecule has 2 rings (SSSR count). The summed E-state index contributed by atoms with van der Waals surface area (Å²) in [5.41, 5.74) is 2.71. The van der Waals surface area contributed by atoms with E-state index in [1.54, 1.807) is 6.07 Å². The van der Waals surface area contributed by atoms with Crippen molar-refractivity contribution in [3.05, 3.63) is 53.7 Å². The highest BCUT2D eigenvalue weighted by Gasteiger charge is 2.17. The van der Waals surface area contributed by atoms with Gasteiger partial charge in [0.25, 0.3) is 0 Å². The summed E-state index contributed by atoms with van der Waals surface area (Å²) in [4.78, 5) is 4.24. The minimum Gasteiger partial charge on any atom is -0.340 e. The first-order valence-corrected chi connectivity index (χ1v) is 6.24. The summed E-state index contributed by atoms with van der Waals surface area (Å²) in [6.45, 7) is 6.52. The van der Waals surface area contributed by atoms with Gasteiger partial charge in [0.2, 0.25) is 0 Å². The van der Waals surface area contributed by atoms with Crippen molar-refractivity contribution < 1.29 is 0 Å². The van der Waals surface area contributed by atoms with E-state index < -0.39 is 0 Å². The quantitative estimate of drug-likeness (QED) is 0.877. The number of nitriles is 1. The zero-order chi connectivity index (χ0) is 13.9. The highest BCUT2D eigenvalue weighted by atomic mass is 15.0. The maximum atomic E-state index is 8.87. The van der Waals surface area contributed by atoms with Crippen LogP contribution in [0, 0.1) is 11.3 Å². The Labute approximate surface area is 113 Å². The van der Waals surface area contributed by atoms with Crippen LogP contribution in [0.4, 0.5) is 11.5 Å². The van der Waals surface area contributed by atoms with Crippen LogP contribution in [0.1, 0.15) is 32.0 Å². The molecule has 0 amide bonds. The van der Waals surface area contributed by atoms with Gasteiger partial charge in [-0.3, -0.25) is 0 Å². The molecular formula is C16H17N3. The third-order valence-electron chi connectivity index (χ3n) is 2.86. The molecule has 0 aliphatic rings. The molecule has 19 heavy (non-hydrogen) atoms. The molecule has 2 aromatic rings. The molecular weight excluding hydrogens is 234 g/mol. The molecule has 1 N–H and O–H groups in total. The molecule has 3 nitrogen and oxygen atoms in total. The minimum absolute atomic E-state index is 0.0520. The Balaban J connectivity index is 2.36. The van der Waals surface area contributed by atoms with Crippen molar-refractivity contribution in [2.45, 2.75) is 26.2 Å². The molecule has 0 unspecified atom stereocenters. The van der Waals surface area contributed by atoms with Crippen LogP contribution >= 0.6 is 0 Å². The van der Waals surface area contributed by atoms with E-state index in [2.05, 4.69) is 37.1 Å². The summed E-state index contributed by atoms with van der Waals surface area (Å²) in [6.07, 6.45) is 0. The lowest BCUT2D eigenvalue weighted by atomic mass is 9.86. The predicted molar refractivity (Wildman–Crippen MR) is 77.4 cm³/mol. The SMILES string of the molecule is CC(C)(C)c1ccccc1Nc1cccc(C#N)n1. The van der Waals surface area contributed by atoms with Gasteiger partial charge in [-0.2, -0.15) is 5.26 Å². The summed E-state index contributed by atoms with van der Waals surface area (Å²) in [5.74, 6) is 0.691. The van der Waals surface area contributed by atoms with E-state index in [0.29, 0.717) is 11.5 Å². The van der Waals surface area contributed by atoms with Gasteiger partial charge in [-0.25, -0.2) is 4.98 Å². The summed E-state index contributed by atoms with van der Waals surface area (Å²) in [7, 11) is 0. The van der Waals surface area contributed by atoms with E-state index in [-0.39, 0.29) is 5.41 Å². The minimum atomic E-state index is 0.0520. The van der Waals surface area contributed by atoms with Crippen LogP contribution in [0.2, 0.25) is 0 Å². The highest BCUT2D eigenvalue weighted by molar-refractivity contribution is 5.62. The number of benzene rings is 1. The summed E-state index contributed by atoms with van der Waals surface area (Å²) >= 11 is 0. The zero-order valence-electron chi connectivity index (χ0n) is 11.4. The summed E-state index contributed by atoms with van der Waals surface area (Å²) in [5, 5.41) is 12.2. The van der Waals surface area contributed by atoms with Gasteiger partial charge in [0.15, 0.2) is 0 Å². The molecule has 1 aromatic carbocycles. The van der Waals surface area contributed by atoms with E-state index in [1.165, 1.54) is 5.56 Å². The van der Waals surface area contributed by atoms with Gasteiger partial charge in [-0.15, -0.1) is 0 Å². The molecule has 0 spiro atoms. The summed E-state index contributed by atoms with van der Waals surface area (Å²) < 4.78 is 0. The Bertz CT molecular complexity index is 618. The fourth-order valence-corrected chi connectivity index (χ4v) is 1.95. The van der Waals surface area contributed by atoms with Crippen molar-refractivity contribution in [2.24, 2.45) is 0 Å². The zero-order valence-corrected chi connectivity index (χ0v) is 11.4. The van der Waals surface area contributed by atoms with Crippen molar-refractivity contribution >= 4 is 11.5 Å². The number of aromatic nitrogens is 1. The number of nitrogens with one attached hydrogen (secondary N) is 1. The van der Waals surface area contributed by atoms with E-state index in [9.17, 15) is 0 Å². The molecule has 0 atom stereocenters. The lowest BCUT2D eigenvalue weighted by molar-refractivity contribution is 0.592. The number of pyridine rings is 1. The molecule has 1 heterocycles. The third-order valence-corrected chi connectivity index (χ3v) is 2.86. The smallest absolute Gasteiger partial charge is 0.142 e. The lowest BCUT2D eigenvalue weighted by Gasteiger charge is -2.23. The molecule has 3 heteroatoms. The monoisotopic (exact) mass is 251 g/mol. The Kier molecular flexibility index (Phi) is 3.52. The first-order chi connectivity index (χ1) is 9.00. The third kappa shape index (κ3) is 3.11. The molecule has 0 aliphatic heterocycles. The van der Waals surface area contributed by atoms with Crippen LogP contribution < -0.4 is 5.32 Å². The van der Waals surface area contributed by atoms with Crippen molar-refractivity contribution in [2.75, 3.05) is 5.32 Å². The Hall–Kier alpha value is -2.34. The second-order valence-electron chi connectivity index (χ2n) is 5.44. The van der Waals surface area contributed by atoms with Gasteiger partial charge < -0.3 is 5.32 Å². The van der Waals surface area contributed by atoms with Crippen LogP contribution in [0.3, 0.4) is 0 Å². The molecule has 96 valence electrons. The molecule has 0 fully saturated rings. The largest absolute Gasteiger partial charge is 0.340 e. The average Bonchev–Trinajstić information content (AvgIpc) is 2.38. The van der Waals surface area contributed by atoms with E-state index >= 15 is 0 Å². The number of hydrogen-bond donors (Lipinski definition) is 1. The number of para-hydroxylation sites is 1. The molecule has 1 aromatic heterocycles. The lowest BCUT2D eigenvalue weighted by Crippen LogP contribution is -2.13. The second-order valence-corrected chi connectivity index (χ2v) is 5.44. The predicted octanol–water partition coefficient (Wildman–Crippen LogP) is 3.99. The maximum Gasteiger partial charge on any atom is 0.142 e. The standard InChI is InChI=1S/C16H17N3/c1-16(2,3)13-8-4-5-9-14(13)19-15-10-6-7-12(11-17)18-15/h4-10H,1-3H3,(H,18,19). The fourth-order valence-electron chi connectivity index (χ4n) is 1.95. The Morgan fingerprint density at radius 1 is 1.05 bits per heavy atom. The van der Waals surface area contributed by atoms with Crippen molar-refractivity contribution in [3.63, 3.8) is 0 Å². The van der Waals surface area contributed by atoms with Crippen LogP contribution in [-0.4, -0.2) is 4.98 Å². The number of nitrogens with zero attached hydrogens (tertiary/aromatic N) is 2. The van der Waals surface area contributed by atoms with Gasteiger partial charge in [-0.05, 0) is 29.2 Å². The van der Waals surface area contributed by atoms with Gasteiger partial charge in [0.05, 0.1) is 0 Å². The molecule has 0 bridgehead atoms. The maximum absolute atomic E-state index is 8.87. The van der Waals surface area contributed by atoms with Gasteiger partial charge in [0.1, 0.15) is 17.6 Å². The molecule has 0 aliphatic carbocycles. The Morgan fingerprint density at radius 3 is 2.47 bits per heavy atom. The first-order valence-electron chi connectivity index (χ1n) is 6.24. The van der Waals surface area contributed by atoms with Gasteiger partial charge in [0, 0.05) is 5.69 Å². The van der Waals surface area contributed by atoms with E-state index in [0.717, 1.165) is 5.69 Å². The summed E-state index contributed by atoms with van der Waals surface area (Å²) in [6, 6.07) is 15.6. The topological polar surface area (TPSA) is 48.7 Å². The Morgan fingerprint density at radius 2 is 1.79 bits per heavy atom. The second kappa shape index (κ2) is 5.11. The van der Waals surface area contributed by atoms with E-state index in [4.69, 9.17) is 5.26 Å². The van der Waals surface area contributed by atoms with Crippen molar-refractivity contribution in [1.29, 1.82) is 5.26 Å². The fraction of sp³-hybridized carbons (Fsp3) is 0.250. The normalized spacial score (nSPS) is 10.8. The number of rotatable bonds is 2. The number of hydrogen-bond acceptors (Lipinski definition) is 3. The first kappa shape index (κ1) is 13.1. The van der Waals surface area contributed by atoms with Gasteiger partial charge in [-0.1, -0.05) is 45.0 Å². The molecule has 0 saturated heterocycles.